The minimum Gasteiger partial charge on any atom is -0.301 e. The van der Waals surface area contributed by atoms with Gasteiger partial charge in [-0.15, -0.1) is 0 Å². The third-order valence-electron chi connectivity index (χ3n) is 2.67. The number of rotatable bonds is 1. The van der Waals surface area contributed by atoms with E-state index in [-0.39, 0.29) is 6.04 Å². The van der Waals surface area contributed by atoms with Gasteiger partial charge in [0.2, 0.25) is 0 Å². The molecule has 0 saturated heterocycles. The molecule has 0 aromatic carbocycles. The summed E-state index contributed by atoms with van der Waals surface area (Å²) < 4.78 is 0. The van der Waals surface area contributed by atoms with Crippen LogP contribution < -0.4 is 0 Å². The smallest absolute Gasteiger partial charge is 0.144 e. The maximum absolute atomic E-state index is 10.5. The van der Waals surface area contributed by atoms with Crippen molar-refractivity contribution in [3.05, 3.63) is 12.2 Å². The van der Waals surface area contributed by atoms with Crippen LogP contribution in [0.5, 0.6) is 0 Å². The van der Waals surface area contributed by atoms with E-state index in [1.165, 1.54) is 12.8 Å². The standard InChI is InChI=1S/C10H13NO/c12-7-9-6-5-8-3-1-2-4-10(8)11-9/h2,4,7-9H,1,3,5-6H2. The fourth-order valence-corrected chi connectivity index (χ4v) is 1.95. The second kappa shape index (κ2) is 3.21. The van der Waals surface area contributed by atoms with Crippen LogP contribution in [0.3, 0.4) is 0 Å². The van der Waals surface area contributed by atoms with Gasteiger partial charge in [-0.1, -0.05) is 6.08 Å². The van der Waals surface area contributed by atoms with E-state index < -0.39 is 0 Å². The van der Waals surface area contributed by atoms with Gasteiger partial charge in [-0.25, -0.2) is 0 Å². The van der Waals surface area contributed by atoms with Gasteiger partial charge < -0.3 is 4.79 Å². The summed E-state index contributed by atoms with van der Waals surface area (Å²) in [6, 6.07) is -0.0565. The third-order valence-corrected chi connectivity index (χ3v) is 2.67. The molecule has 2 nitrogen and oxygen atoms in total. The molecule has 1 aliphatic carbocycles. The average molecular weight is 163 g/mol. The Morgan fingerprint density at radius 1 is 1.42 bits per heavy atom. The van der Waals surface area contributed by atoms with E-state index in [0.717, 1.165) is 24.8 Å². The Hall–Kier alpha value is -0.920. The van der Waals surface area contributed by atoms with Gasteiger partial charge in [0.25, 0.3) is 0 Å². The molecule has 12 heavy (non-hydrogen) atoms. The molecule has 0 aromatic heterocycles. The lowest BCUT2D eigenvalue weighted by Gasteiger charge is -2.26. The Morgan fingerprint density at radius 2 is 2.33 bits per heavy atom. The number of hydrogen-bond donors (Lipinski definition) is 0. The Labute approximate surface area is 72.4 Å². The molecule has 0 aromatic rings. The van der Waals surface area contributed by atoms with Crippen molar-refractivity contribution in [1.29, 1.82) is 0 Å². The molecule has 2 atom stereocenters. The molecule has 0 spiro atoms. The molecule has 0 amide bonds. The zero-order chi connectivity index (χ0) is 8.39. The van der Waals surface area contributed by atoms with E-state index in [0.29, 0.717) is 5.92 Å². The number of hydrogen-bond acceptors (Lipinski definition) is 2. The van der Waals surface area contributed by atoms with Gasteiger partial charge in [-0.2, -0.15) is 0 Å². The van der Waals surface area contributed by atoms with Gasteiger partial charge in [0.15, 0.2) is 0 Å². The molecule has 0 bridgehead atoms. The van der Waals surface area contributed by atoms with Crippen LogP contribution in [0.15, 0.2) is 17.1 Å². The van der Waals surface area contributed by atoms with Crippen molar-refractivity contribution in [2.24, 2.45) is 10.9 Å². The van der Waals surface area contributed by atoms with Crippen LogP contribution in [0.2, 0.25) is 0 Å². The first kappa shape index (κ1) is 7.71. The summed E-state index contributed by atoms with van der Waals surface area (Å²) >= 11 is 0. The first-order valence-electron chi connectivity index (χ1n) is 4.59. The summed E-state index contributed by atoms with van der Waals surface area (Å²) in [5.74, 6) is 0.645. The number of carbonyl (C=O) groups excluding carboxylic acids is 1. The Morgan fingerprint density at radius 3 is 3.17 bits per heavy atom. The largest absolute Gasteiger partial charge is 0.301 e. The summed E-state index contributed by atoms with van der Waals surface area (Å²) in [7, 11) is 0. The second-order valence-electron chi connectivity index (χ2n) is 3.51. The van der Waals surface area contributed by atoms with E-state index in [2.05, 4.69) is 17.1 Å². The van der Waals surface area contributed by atoms with Crippen LogP contribution in [0.1, 0.15) is 25.7 Å². The minimum atomic E-state index is -0.0565. The maximum atomic E-state index is 10.5. The molecule has 0 saturated carbocycles. The molecule has 0 N–H and O–H groups in total. The van der Waals surface area contributed by atoms with E-state index in [4.69, 9.17) is 0 Å². The number of nitrogens with zero attached hydrogens (tertiary/aromatic N) is 1. The van der Waals surface area contributed by atoms with Crippen molar-refractivity contribution in [1.82, 2.24) is 0 Å². The Balaban J connectivity index is 2.21. The molecule has 2 aliphatic rings. The highest BCUT2D eigenvalue weighted by molar-refractivity contribution is 5.98. The lowest BCUT2D eigenvalue weighted by Crippen LogP contribution is -2.25. The number of fused-ring (bicyclic) bond motifs is 1. The quantitative estimate of drug-likeness (QED) is 0.541. The summed E-state index contributed by atoms with van der Waals surface area (Å²) in [5.41, 5.74) is 1.16. The van der Waals surface area contributed by atoms with E-state index >= 15 is 0 Å². The number of allylic oxidation sites excluding steroid dienone is 2. The monoisotopic (exact) mass is 163 g/mol. The van der Waals surface area contributed by atoms with Crippen LogP contribution in [-0.4, -0.2) is 18.0 Å². The van der Waals surface area contributed by atoms with Gasteiger partial charge in [0.1, 0.15) is 12.3 Å². The van der Waals surface area contributed by atoms with Crippen molar-refractivity contribution < 1.29 is 4.79 Å². The fraction of sp³-hybridized carbons (Fsp3) is 0.600. The van der Waals surface area contributed by atoms with Gasteiger partial charge in [0, 0.05) is 11.6 Å². The van der Waals surface area contributed by atoms with Crippen molar-refractivity contribution in [2.45, 2.75) is 31.7 Å². The van der Waals surface area contributed by atoms with Gasteiger partial charge in [-0.3, -0.25) is 4.99 Å². The number of aliphatic imine (C=N–C) groups is 1. The molecule has 2 rings (SSSR count). The topological polar surface area (TPSA) is 29.4 Å². The first-order valence-corrected chi connectivity index (χ1v) is 4.59. The Bertz CT molecular complexity index is 242. The average Bonchev–Trinajstić information content (AvgIpc) is 2.17. The normalized spacial score (nSPS) is 33.8. The predicted molar refractivity (Wildman–Crippen MR) is 48.4 cm³/mol. The van der Waals surface area contributed by atoms with Crippen LogP contribution in [-0.2, 0) is 4.79 Å². The van der Waals surface area contributed by atoms with E-state index in [9.17, 15) is 4.79 Å². The highest BCUT2D eigenvalue weighted by Gasteiger charge is 2.23. The second-order valence-corrected chi connectivity index (χ2v) is 3.51. The van der Waals surface area contributed by atoms with Crippen molar-refractivity contribution in [2.75, 3.05) is 0 Å². The fourth-order valence-electron chi connectivity index (χ4n) is 1.95. The molecule has 64 valence electrons. The van der Waals surface area contributed by atoms with Crippen LogP contribution in [0.25, 0.3) is 0 Å². The summed E-state index contributed by atoms with van der Waals surface area (Å²) in [6.07, 6.45) is 9.70. The molecule has 1 aliphatic heterocycles. The molecular formula is C10H13NO. The van der Waals surface area contributed by atoms with Gasteiger partial charge >= 0.3 is 0 Å². The zero-order valence-corrected chi connectivity index (χ0v) is 7.07. The van der Waals surface area contributed by atoms with Crippen molar-refractivity contribution in [3.8, 4) is 0 Å². The first-order chi connectivity index (χ1) is 5.90. The van der Waals surface area contributed by atoms with Crippen molar-refractivity contribution >= 4 is 12.0 Å². The highest BCUT2D eigenvalue weighted by Crippen LogP contribution is 2.26. The van der Waals surface area contributed by atoms with Gasteiger partial charge in [-0.05, 0) is 31.8 Å². The van der Waals surface area contributed by atoms with Crippen LogP contribution >= 0.6 is 0 Å². The molecule has 1 heterocycles. The molecule has 0 radical (unpaired) electrons. The van der Waals surface area contributed by atoms with E-state index in [1.807, 2.05) is 0 Å². The van der Waals surface area contributed by atoms with Crippen molar-refractivity contribution in [3.63, 3.8) is 0 Å². The summed E-state index contributed by atoms with van der Waals surface area (Å²) in [5, 5.41) is 0. The zero-order valence-electron chi connectivity index (χ0n) is 7.07. The molecule has 0 fully saturated rings. The summed E-state index contributed by atoms with van der Waals surface area (Å²) in [4.78, 5) is 14.9. The molecule has 2 heteroatoms. The predicted octanol–water partition coefficient (Wildman–Crippen LogP) is 1.75. The molecule has 2 unspecified atom stereocenters. The van der Waals surface area contributed by atoms with Crippen LogP contribution in [0.4, 0.5) is 0 Å². The summed E-state index contributed by atoms with van der Waals surface area (Å²) in [6.45, 7) is 0. The number of carbonyl (C=O) groups is 1. The highest BCUT2D eigenvalue weighted by atomic mass is 16.1. The Kier molecular flexibility index (Phi) is 2.07. The van der Waals surface area contributed by atoms with E-state index in [1.54, 1.807) is 0 Å². The number of aldehydes is 1. The minimum absolute atomic E-state index is 0.0565. The SMILES string of the molecule is O=CC1CCC2CCC=CC2=N1. The third kappa shape index (κ3) is 1.33. The lowest BCUT2D eigenvalue weighted by atomic mass is 9.85. The van der Waals surface area contributed by atoms with Crippen LogP contribution in [0, 0.1) is 5.92 Å². The maximum Gasteiger partial charge on any atom is 0.144 e. The van der Waals surface area contributed by atoms with Gasteiger partial charge in [0.05, 0.1) is 0 Å². The lowest BCUT2D eigenvalue weighted by molar-refractivity contribution is -0.109. The molecular weight excluding hydrogens is 150 g/mol.